The van der Waals surface area contributed by atoms with E-state index < -0.39 is 0 Å². The number of carbonyl (C=O) groups is 2. The fourth-order valence-electron chi connectivity index (χ4n) is 3.44. The molecule has 4 aromatic carbocycles. The van der Waals surface area contributed by atoms with Crippen molar-refractivity contribution in [3.05, 3.63) is 128 Å². The van der Waals surface area contributed by atoms with Gasteiger partial charge in [-0.3, -0.25) is 9.59 Å². The molecule has 0 unspecified atom stereocenters. The van der Waals surface area contributed by atoms with Gasteiger partial charge in [-0.05, 0) is 47.5 Å². The lowest BCUT2D eigenvalue weighted by Crippen LogP contribution is -2.05. The smallest absolute Gasteiger partial charge is 0.167 e. The number of benzene rings is 4. The van der Waals surface area contributed by atoms with Gasteiger partial charge in [-0.1, -0.05) is 104 Å². The number of ketones is 2. The number of rotatable bonds is 8. The molecule has 4 rings (SSSR count). The maximum absolute atomic E-state index is 12.9. The summed E-state index contributed by atoms with van der Waals surface area (Å²) >= 11 is 8.42. The lowest BCUT2D eigenvalue weighted by molar-refractivity contribution is 0.0984. The van der Waals surface area contributed by atoms with Crippen LogP contribution in [0.5, 0.6) is 0 Å². The molecule has 0 amide bonds. The summed E-state index contributed by atoms with van der Waals surface area (Å²) in [4.78, 5) is 27.7. The molecule has 0 atom stereocenters. The topological polar surface area (TPSA) is 34.1 Å². The summed E-state index contributed by atoms with van der Waals surface area (Å²) in [6.45, 7) is 0. The lowest BCUT2D eigenvalue weighted by Gasteiger charge is -2.12. The van der Waals surface area contributed by atoms with Crippen LogP contribution in [0.2, 0.25) is 0 Å². The van der Waals surface area contributed by atoms with Crippen molar-refractivity contribution >= 4 is 55.2 Å². The number of hydrogen-bond acceptors (Lipinski definition) is 3. The zero-order valence-corrected chi connectivity index (χ0v) is 21.6. The summed E-state index contributed by atoms with van der Waals surface area (Å²) in [5.74, 6) is 0.156. The Labute approximate surface area is 214 Å². The average Bonchev–Trinajstić information content (AvgIpc) is 2.82. The average molecular weight is 580 g/mol. The maximum Gasteiger partial charge on any atom is 0.167 e. The van der Waals surface area contributed by atoms with E-state index in [0.717, 1.165) is 29.9 Å². The molecule has 0 N–H and O–H groups in total. The summed E-state index contributed by atoms with van der Waals surface area (Å²) in [6, 6.07) is 30.8. The van der Waals surface area contributed by atoms with E-state index in [1.165, 1.54) is 0 Å². The van der Waals surface area contributed by atoms with Crippen LogP contribution in [0.15, 0.2) is 116 Å². The predicted molar refractivity (Wildman–Crippen MR) is 141 cm³/mol. The summed E-state index contributed by atoms with van der Waals surface area (Å²) < 4.78 is 1.90. The number of Topliss-reactive ketones (excluding diaryl/α,β-unsaturated/α-hetero) is 2. The first kappa shape index (κ1) is 23.7. The van der Waals surface area contributed by atoms with Gasteiger partial charge in [0, 0.05) is 42.7 Å². The second-order valence-corrected chi connectivity index (χ2v) is 10.4. The van der Waals surface area contributed by atoms with Gasteiger partial charge in [-0.2, -0.15) is 0 Å². The van der Waals surface area contributed by atoms with Crippen molar-refractivity contribution < 1.29 is 9.59 Å². The van der Waals surface area contributed by atoms with Gasteiger partial charge in [0.25, 0.3) is 0 Å². The van der Waals surface area contributed by atoms with Gasteiger partial charge in [0.2, 0.25) is 0 Å². The third-order valence-electron chi connectivity index (χ3n) is 5.20. The molecule has 164 valence electrons. The van der Waals surface area contributed by atoms with Gasteiger partial charge in [0.05, 0.1) is 0 Å². The van der Waals surface area contributed by atoms with Crippen LogP contribution in [0, 0.1) is 0 Å². The molecule has 0 heterocycles. The van der Waals surface area contributed by atoms with Crippen molar-refractivity contribution in [1.82, 2.24) is 0 Å². The van der Waals surface area contributed by atoms with Crippen LogP contribution >= 0.6 is 43.6 Å². The van der Waals surface area contributed by atoms with Crippen LogP contribution in [-0.2, 0) is 12.8 Å². The highest BCUT2D eigenvalue weighted by atomic mass is 79.9. The molecular weight excluding hydrogens is 560 g/mol. The molecule has 33 heavy (non-hydrogen) atoms. The Morgan fingerprint density at radius 2 is 0.909 bits per heavy atom. The summed E-state index contributed by atoms with van der Waals surface area (Å²) in [6.07, 6.45) is 0.648. The van der Waals surface area contributed by atoms with E-state index in [1.54, 1.807) is 11.8 Å². The molecule has 5 heteroatoms. The van der Waals surface area contributed by atoms with E-state index >= 15 is 0 Å². The summed E-state index contributed by atoms with van der Waals surface area (Å²) in [5.41, 5.74) is 3.34. The molecule has 0 fully saturated rings. The number of carbonyl (C=O) groups excluding carboxylic acids is 2. The Hall–Kier alpha value is -2.47. The molecular formula is C28H20Br2O2S. The molecule has 2 nitrogen and oxygen atoms in total. The van der Waals surface area contributed by atoms with E-state index in [2.05, 4.69) is 31.9 Å². The van der Waals surface area contributed by atoms with E-state index in [4.69, 9.17) is 0 Å². The molecule has 0 saturated heterocycles. The van der Waals surface area contributed by atoms with Gasteiger partial charge in [-0.25, -0.2) is 0 Å². The Morgan fingerprint density at radius 3 is 1.30 bits per heavy atom. The van der Waals surface area contributed by atoms with Crippen LogP contribution in [0.4, 0.5) is 0 Å². The SMILES string of the molecule is O=C(Cc1ccccc1Sc1ccccc1CC(=O)c1ccc(Br)cc1)c1ccc(Br)cc1. The van der Waals surface area contributed by atoms with Crippen molar-refractivity contribution in [1.29, 1.82) is 0 Å². The molecule has 0 radical (unpaired) electrons. The highest BCUT2D eigenvalue weighted by molar-refractivity contribution is 9.10. The van der Waals surface area contributed by atoms with Crippen LogP contribution in [-0.4, -0.2) is 11.6 Å². The standard InChI is InChI=1S/C28H20Br2O2S/c29-23-13-9-19(10-14-23)25(31)17-21-5-1-3-7-27(21)33-28-8-4-2-6-22(28)18-26(32)20-11-15-24(30)16-12-20/h1-16H,17-18H2. The molecule has 0 bridgehead atoms. The normalized spacial score (nSPS) is 10.7. The molecule has 4 aromatic rings. The van der Waals surface area contributed by atoms with E-state index in [0.29, 0.717) is 24.0 Å². The monoisotopic (exact) mass is 578 g/mol. The lowest BCUT2D eigenvalue weighted by atomic mass is 10.0. The predicted octanol–water partition coefficient (Wildman–Crippen LogP) is 8.21. The highest BCUT2D eigenvalue weighted by Gasteiger charge is 2.14. The zero-order chi connectivity index (χ0) is 23.2. The molecule has 0 saturated carbocycles. The van der Waals surface area contributed by atoms with Gasteiger partial charge in [-0.15, -0.1) is 0 Å². The largest absolute Gasteiger partial charge is 0.294 e. The minimum atomic E-state index is 0.0780. The van der Waals surface area contributed by atoms with Crippen LogP contribution in [0.1, 0.15) is 31.8 Å². The second kappa shape index (κ2) is 11.1. The highest BCUT2D eigenvalue weighted by Crippen LogP contribution is 2.34. The van der Waals surface area contributed by atoms with Crippen molar-refractivity contribution in [2.45, 2.75) is 22.6 Å². The third-order valence-corrected chi connectivity index (χ3v) is 7.49. The van der Waals surface area contributed by atoms with Crippen LogP contribution in [0.3, 0.4) is 0 Å². The fourth-order valence-corrected chi connectivity index (χ4v) is 5.04. The summed E-state index contributed by atoms with van der Waals surface area (Å²) in [5, 5.41) is 0. The fraction of sp³-hybridized carbons (Fsp3) is 0.0714. The minimum Gasteiger partial charge on any atom is -0.294 e. The summed E-state index contributed by atoms with van der Waals surface area (Å²) in [7, 11) is 0. The van der Waals surface area contributed by atoms with Crippen molar-refractivity contribution in [3.63, 3.8) is 0 Å². The zero-order valence-electron chi connectivity index (χ0n) is 17.6. The van der Waals surface area contributed by atoms with Crippen molar-refractivity contribution in [3.8, 4) is 0 Å². The Morgan fingerprint density at radius 1 is 0.545 bits per heavy atom. The van der Waals surface area contributed by atoms with E-state index in [1.807, 2.05) is 97.1 Å². The Balaban J connectivity index is 1.54. The molecule has 0 aliphatic rings. The van der Waals surface area contributed by atoms with Crippen LogP contribution < -0.4 is 0 Å². The first-order chi connectivity index (χ1) is 16.0. The van der Waals surface area contributed by atoms with Crippen LogP contribution in [0.25, 0.3) is 0 Å². The van der Waals surface area contributed by atoms with Crippen molar-refractivity contribution in [2.75, 3.05) is 0 Å². The molecule has 0 aromatic heterocycles. The quantitative estimate of drug-likeness (QED) is 0.197. The first-order valence-electron chi connectivity index (χ1n) is 10.4. The van der Waals surface area contributed by atoms with E-state index in [-0.39, 0.29) is 11.6 Å². The second-order valence-electron chi connectivity index (χ2n) is 7.53. The molecule has 0 aliphatic heterocycles. The third kappa shape index (κ3) is 6.32. The maximum atomic E-state index is 12.9. The Kier molecular flexibility index (Phi) is 7.97. The molecule has 0 aliphatic carbocycles. The van der Waals surface area contributed by atoms with Gasteiger partial charge in [0.1, 0.15) is 0 Å². The molecule has 0 spiro atoms. The Bertz CT molecular complexity index is 1180. The van der Waals surface area contributed by atoms with Gasteiger partial charge < -0.3 is 0 Å². The first-order valence-corrected chi connectivity index (χ1v) is 12.8. The number of halogens is 2. The minimum absolute atomic E-state index is 0.0780. The number of hydrogen-bond donors (Lipinski definition) is 0. The van der Waals surface area contributed by atoms with E-state index in [9.17, 15) is 9.59 Å². The van der Waals surface area contributed by atoms with Crippen molar-refractivity contribution in [2.24, 2.45) is 0 Å². The van der Waals surface area contributed by atoms with Gasteiger partial charge in [0.15, 0.2) is 11.6 Å². The van der Waals surface area contributed by atoms with Gasteiger partial charge >= 0.3 is 0 Å².